The van der Waals surface area contributed by atoms with Gasteiger partial charge in [0.15, 0.2) is 11.5 Å². The van der Waals surface area contributed by atoms with Crippen LogP contribution in [0.15, 0.2) is 54.1 Å². The van der Waals surface area contributed by atoms with Crippen LogP contribution in [0.2, 0.25) is 0 Å². The molecule has 3 rings (SSSR count). The van der Waals surface area contributed by atoms with Gasteiger partial charge in [0.1, 0.15) is 11.5 Å². The Morgan fingerprint density at radius 2 is 1.72 bits per heavy atom. The van der Waals surface area contributed by atoms with Crippen molar-refractivity contribution in [1.82, 2.24) is 0 Å². The molecule has 0 radical (unpaired) electrons. The summed E-state index contributed by atoms with van der Waals surface area (Å²) in [6, 6.07) is 12.8. The highest BCUT2D eigenvalue weighted by molar-refractivity contribution is 6.05. The number of benzene rings is 2. The van der Waals surface area contributed by atoms with Crippen LogP contribution >= 0.6 is 0 Å². The Kier molecular flexibility index (Phi) is 4.75. The summed E-state index contributed by atoms with van der Waals surface area (Å²) < 4.78 is 21.1. The van der Waals surface area contributed by atoms with E-state index in [1.54, 1.807) is 45.6 Å². The van der Waals surface area contributed by atoms with Gasteiger partial charge in [-0.1, -0.05) is 12.1 Å². The summed E-state index contributed by atoms with van der Waals surface area (Å²) >= 11 is 0. The predicted molar refractivity (Wildman–Crippen MR) is 94.6 cm³/mol. The van der Waals surface area contributed by atoms with Gasteiger partial charge in [-0.05, 0) is 48.0 Å². The Bertz CT molecular complexity index is 864. The topological polar surface area (TPSA) is 54.0 Å². The molecule has 0 bridgehead atoms. The number of rotatable bonds is 5. The van der Waals surface area contributed by atoms with Gasteiger partial charge in [-0.25, -0.2) is 4.79 Å². The lowest BCUT2D eigenvalue weighted by Crippen LogP contribution is -1.98. The molecule has 1 aliphatic rings. The van der Waals surface area contributed by atoms with Crippen molar-refractivity contribution in [2.24, 2.45) is 0 Å². The lowest BCUT2D eigenvalue weighted by atomic mass is 10.1. The molecule has 1 heterocycles. The number of carbonyl (C=O) groups is 1. The van der Waals surface area contributed by atoms with Gasteiger partial charge >= 0.3 is 5.97 Å². The third-order valence-electron chi connectivity index (χ3n) is 3.81. The zero-order valence-electron chi connectivity index (χ0n) is 14.2. The van der Waals surface area contributed by atoms with E-state index in [1.165, 1.54) is 0 Å². The van der Waals surface area contributed by atoms with E-state index >= 15 is 0 Å². The van der Waals surface area contributed by atoms with E-state index in [9.17, 15) is 4.79 Å². The van der Waals surface area contributed by atoms with Gasteiger partial charge in [0.2, 0.25) is 0 Å². The summed E-state index contributed by atoms with van der Waals surface area (Å²) in [5.41, 5.74) is 2.06. The minimum Gasteiger partial charge on any atom is -0.497 e. The maximum absolute atomic E-state index is 12.2. The van der Waals surface area contributed by atoms with Gasteiger partial charge in [0.05, 0.1) is 26.9 Å². The fraction of sp³-hybridized carbons (Fsp3) is 0.150. The average Bonchev–Trinajstić information content (AvgIpc) is 3.01. The van der Waals surface area contributed by atoms with Gasteiger partial charge in [0.25, 0.3) is 0 Å². The Hall–Kier alpha value is -3.21. The van der Waals surface area contributed by atoms with Crippen molar-refractivity contribution < 1.29 is 23.7 Å². The van der Waals surface area contributed by atoms with E-state index in [2.05, 4.69) is 0 Å². The van der Waals surface area contributed by atoms with E-state index in [1.807, 2.05) is 30.3 Å². The molecular weight excluding hydrogens is 320 g/mol. The molecule has 0 atom stereocenters. The first-order valence-corrected chi connectivity index (χ1v) is 7.66. The van der Waals surface area contributed by atoms with Crippen LogP contribution in [0.25, 0.3) is 11.8 Å². The van der Waals surface area contributed by atoms with Crippen LogP contribution in [0.4, 0.5) is 0 Å². The Morgan fingerprint density at radius 3 is 2.44 bits per heavy atom. The number of cyclic esters (lactones) is 1. The standard InChI is InChI=1S/C20H18O5/c1-22-16-6-4-5-13(10-16)9-15-12-18(25-20(15)21)14-7-8-17(23-2)19(11-14)24-3/h4-12H,1-3H3/b15-9+. The SMILES string of the molecule is COc1cccc(/C=C2\C=C(c3ccc(OC)c(OC)c3)OC2=O)c1. The first-order chi connectivity index (χ1) is 12.1. The van der Waals surface area contributed by atoms with Crippen LogP contribution in [-0.2, 0) is 9.53 Å². The van der Waals surface area contributed by atoms with Crippen molar-refractivity contribution in [2.45, 2.75) is 0 Å². The number of methoxy groups -OCH3 is 3. The number of carbonyl (C=O) groups excluding carboxylic acids is 1. The molecule has 1 aliphatic heterocycles. The van der Waals surface area contributed by atoms with E-state index in [-0.39, 0.29) is 0 Å². The quantitative estimate of drug-likeness (QED) is 0.615. The fourth-order valence-electron chi connectivity index (χ4n) is 2.53. The van der Waals surface area contributed by atoms with E-state index in [4.69, 9.17) is 18.9 Å². The summed E-state index contributed by atoms with van der Waals surface area (Å²) in [6.45, 7) is 0. The number of ether oxygens (including phenoxy) is 4. The molecule has 5 heteroatoms. The smallest absolute Gasteiger partial charge is 0.343 e. The first-order valence-electron chi connectivity index (χ1n) is 7.66. The Labute approximate surface area is 146 Å². The maximum atomic E-state index is 12.2. The maximum Gasteiger partial charge on any atom is 0.343 e. The molecule has 25 heavy (non-hydrogen) atoms. The number of hydrogen-bond acceptors (Lipinski definition) is 5. The second-order valence-corrected chi connectivity index (χ2v) is 5.34. The average molecular weight is 338 g/mol. The van der Waals surface area contributed by atoms with Crippen molar-refractivity contribution in [3.63, 3.8) is 0 Å². The molecule has 0 unspecified atom stereocenters. The van der Waals surface area contributed by atoms with Crippen molar-refractivity contribution in [1.29, 1.82) is 0 Å². The second kappa shape index (κ2) is 7.13. The molecule has 0 fully saturated rings. The molecule has 0 N–H and O–H groups in total. The van der Waals surface area contributed by atoms with E-state index in [0.717, 1.165) is 16.9 Å². The lowest BCUT2D eigenvalue weighted by molar-refractivity contribution is -0.130. The molecule has 0 spiro atoms. The third kappa shape index (κ3) is 3.50. The van der Waals surface area contributed by atoms with Gasteiger partial charge in [-0.15, -0.1) is 0 Å². The number of hydrogen-bond donors (Lipinski definition) is 0. The van der Waals surface area contributed by atoms with Crippen molar-refractivity contribution in [2.75, 3.05) is 21.3 Å². The van der Waals surface area contributed by atoms with Crippen LogP contribution in [-0.4, -0.2) is 27.3 Å². The minimum atomic E-state index is -0.396. The van der Waals surface area contributed by atoms with Crippen LogP contribution in [0.1, 0.15) is 11.1 Å². The predicted octanol–water partition coefficient (Wildman–Crippen LogP) is 3.69. The van der Waals surface area contributed by atoms with Crippen LogP contribution in [0.3, 0.4) is 0 Å². The van der Waals surface area contributed by atoms with Crippen molar-refractivity contribution in [3.8, 4) is 17.2 Å². The highest BCUT2D eigenvalue weighted by atomic mass is 16.5. The molecule has 0 saturated carbocycles. The molecule has 0 aromatic heterocycles. The van der Waals surface area contributed by atoms with Crippen LogP contribution in [0, 0.1) is 0 Å². The molecule has 0 aliphatic carbocycles. The van der Waals surface area contributed by atoms with Crippen molar-refractivity contribution >= 4 is 17.8 Å². The minimum absolute atomic E-state index is 0.396. The molecule has 2 aromatic rings. The normalized spacial score (nSPS) is 14.9. The first kappa shape index (κ1) is 16.6. The summed E-state index contributed by atoms with van der Waals surface area (Å²) in [5.74, 6) is 1.99. The molecular formula is C20H18O5. The van der Waals surface area contributed by atoms with Gasteiger partial charge in [0, 0.05) is 5.56 Å². The van der Waals surface area contributed by atoms with Gasteiger partial charge < -0.3 is 18.9 Å². The molecule has 0 saturated heterocycles. The molecule has 5 nitrogen and oxygen atoms in total. The second-order valence-electron chi connectivity index (χ2n) is 5.34. The molecule has 2 aromatic carbocycles. The van der Waals surface area contributed by atoms with E-state index in [0.29, 0.717) is 22.8 Å². The van der Waals surface area contributed by atoms with Gasteiger partial charge in [-0.3, -0.25) is 0 Å². The largest absolute Gasteiger partial charge is 0.497 e. The Balaban J connectivity index is 1.93. The van der Waals surface area contributed by atoms with E-state index < -0.39 is 5.97 Å². The zero-order chi connectivity index (χ0) is 17.8. The summed E-state index contributed by atoms with van der Waals surface area (Å²) in [5, 5.41) is 0. The molecule has 128 valence electrons. The Morgan fingerprint density at radius 1 is 0.920 bits per heavy atom. The van der Waals surface area contributed by atoms with Crippen LogP contribution < -0.4 is 14.2 Å². The summed E-state index contributed by atoms with van der Waals surface area (Å²) in [7, 11) is 4.73. The van der Waals surface area contributed by atoms with Crippen molar-refractivity contribution in [3.05, 3.63) is 65.2 Å². The fourth-order valence-corrected chi connectivity index (χ4v) is 2.53. The third-order valence-corrected chi connectivity index (χ3v) is 3.81. The summed E-state index contributed by atoms with van der Waals surface area (Å²) in [4.78, 5) is 12.2. The highest BCUT2D eigenvalue weighted by Crippen LogP contribution is 2.34. The monoisotopic (exact) mass is 338 g/mol. The van der Waals surface area contributed by atoms with Crippen LogP contribution in [0.5, 0.6) is 17.2 Å². The number of esters is 1. The van der Waals surface area contributed by atoms with Gasteiger partial charge in [-0.2, -0.15) is 0 Å². The lowest BCUT2D eigenvalue weighted by Gasteiger charge is -2.09. The zero-order valence-corrected chi connectivity index (χ0v) is 14.2. The molecule has 0 amide bonds. The summed E-state index contributed by atoms with van der Waals surface area (Å²) in [6.07, 6.45) is 3.47. The highest BCUT2D eigenvalue weighted by Gasteiger charge is 2.23.